The summed E-state index contributed by atoms with van der Waals surface area (Å²) in [4.78, 5) is 24.7. The van der Waals surface area contributed by atoms with Crippen molar-refractivity contribution >= 4 is 56.7 Å². The van der Waals surface area contributed by atoms with Gasteiger partial charge < -0.3 is 39.4 Å². The number of benzene rings is 3. The molecule has 0 aromatic heterocycles. The van der Waals surface area contributed by atoms with E-state index < -0.39 is 24.3 Å². The fourth-order valence-corrected chi connectivity index (χ4v) is 5.67. The van der Waals surface area contributed by atoms with E-state index in [0.29, 0.717) is 54.1 Å². The van der Waals surface area contributed by atoms with Crippen LogP contribution in [0.4, 0.5) is 4.79 Å². The summed E-state index contributed by atoms with van der Waals surface area (Å²) in [5.74, 6) is 1.38. The monoisotopic (exact) mass is 822 g/mol. The highest BCUT2D eigenvalue weighted by atomic mass is 127. The highest BCUT2D eigenvalue weighted by molar-refractivity contribution is 14.1. The Labute approximate surface area is 295 Å². The Kier molecular flexibility index (Phi) is 13.1. The van der Waals surface area contributed by atoms with E-state index >= 15 is 0 Å². The summed E-state index contributed by atoms with van der Waals surface area (Å²) in [6, 6.07) is 15.4. The molecule has 4 rings (SSSR count). The topological polar surface area (TPSA) is 149 Å². The van der Waals surface area contributed by atoms with E-state index in [2.05, 4.69) is 59.7 Å². The van der Waals surface area contributed by atoms with E-state index in [4.69, 9.17) is 23.7 Å². The van der Waals surface area contributed by atoms with Crippen molar-refractivity contribution in [1.29, 1.82) is 0 Å². The lowest BCUT2D eigenvalue weighted by Crippen LogP contribution is -2.45. The summed E-state index contributed by atoms with van der Waals surface area (Å²) in [7, 11) is 1.28. The molecule has 0 aliphatic carbocycles. The van der Waals surface area contributed by atoms with Gasteiger partial charge in [0.05, 0.1) is 41.7 Å². The van der Waals surface area contributed by atoms with Crippen LogP contribution in [0.25, 0.3) is 0 Å². The number of halogens is 2. The first-order chi connectivity index (χ1) is 22.6. The number of carbonyl (C=O) groups is 2. The molecule has 250 valence electrons. The summed E-state index contributed by atoms with van der Waals surface area (Å²) in [6.45, 7) is 6.37. The van der Waals surface area contributed by atoms with Crippen molar-refractivity contribution in [1.82, 2.24) is 16.1 Å². The second-order valence-corrected chi connectivity index (χ2v) is 12.2. The van der Waals surface area contributed by atoms with Crippen molar-refractivity contribution < 1.29 is 38.4 Å². The number of aliphatic hydroxyl groups excluding tert-OH is 1. The average molecular weight is 823 g/mol. The number of hydrogen-bond donors (Lipinski definition) is 4. The number of urea groups is 1. The van der Waals surface area contributed by atoms with Gasteiger partial charge in [-0.25, -0.2) is 9.59 Å². The summed E-state index contributed by atoms with van der Waals surface area (Å²) in [6.07, 6.45) is 0.411. The maximum absolute atomic E-state index is 12.5. The Morgan fingerprint density at radius 1 is 1.04 bits per heavy atom. The van der Waals surface area contributed by atoms with Crippen LogP contribution < -0.4 is 35.0 Å². The molecule has 14 heteroatoms. The number of hydrazone groups is 1. The second-order valence-electron chi connectivity index (χ2n) is 10.1. The third-order valence-electron chi connectivity index (χ3n) is 6.74. The molecule has 3 aromatic carbocycles. The highest BCUT2D eigenvalue weighted by Crippen LogP contribution is 2.36. The standard InChI is InChI=1S/C33H36BrIN4O8/c1-5-44-26-15-22(30-29(32(41)43-4)19(3)37-33(42)38-30)9-12-25(26)46-18-28(40)39-36-16-21-13-24(35)31(27(14-21)45-6-2)47-17-20-7-10-23(34)11-8-20/h7-16,28,30,39-40H,5-6,17-18H2,1-4H3,(H2,37,38,42)/b36-16-/t28-,30+/m0/s1. The smallest absolute Gasteiger partial charge is 0.337 e. The highest BCUT2D eigenvalue weighted by Gasteiger charge is 2.32. The van der Waals surface area contributed by atoms with Crippen molar-refractivity contribution in [3.05, 3.63) is 90.6 Å². The molecule has 1 heterocycles. The lowest BCUT2D eigenvalue weighted by atomic mass is 9.95. The Morgan fingerprint density at radius 3 is 2.47 bits per heavy atom. The zero-order valence-electron chi connectivity index (χ0n) is 26.3. The molecule has 2 amide bonds. The van der Waals surface area contributed by atoms with Crippen LogP contribution in [0.15, 0.2) is 75.4 Å². The van der Waals surface area contributed by atoms with Gasteiger partial charge in [0.25, 0.3) is 0 Å². The van der Waals surface area contributed by atoms with Crippen LogP contribution in [0.2, 0.25) is 0 Å². The summed E-state index contributed by atoms with van der Waals surface area (Å²) in [5.41, 5.74) is 5.67. The third kappa shape index (κ3) is 9.74. The largest absolute Gasteiger partial charge is 0.490 e. The molecule has 47 heavy (non-hydrogen) atoms. The van der Waals surface area contributed by atoms with Gasteiger partial charge in [-0.3, -0.25) is 5.43 Å². The maximum atomic E-state index is 12.5. The number of hydrogen-bond acceptors (Lipinski definition) is 10. The molecule has 1 aliphatic heterocycles. The second kappa shape index (κ2) is 17.2. The Bertz CT molecular complexity index is 1630. The maximum Gasteiger partial charge on any atom is 0.337 e. The molecular formula is C33H36BrIN4O8. The van der Waals surface area contributed by atoms with E-state index in [9.17, 15) is 14.7 Å². The number of nitrogens with zero attached hydrogens (tertiary/aromatic N) is 1. The molecule has 0 saturated carbocycles. The Hall–Kier alpha value is -4.02. The molecule has 0 bridgehead atoms. The number of carbonyl (C=O) groups excluding carboxylic acids is 2. The number of esters is 1. The molecule has 0 saturated heterocycles. The molecule has 3 aromatic rings. The number of ether oxygens (including phenoxy) is 5. The summed E-state index contributed by atoms with van der Waals surface area (Å²) in [5, 5.41) is 20.0. The lowest BCUT2D eigenvalue weighted by molar-refractivity contribution is -0.136. The van der Waals surface area contributed by atoms with Crippen LogP contribution in [-0.2, 0) is 16.1 Å². The van der Waals surface area contributed by atoms with E-state index in [0.717, 1.165) is 19.2 Å². The zero-order chi connectivity index (χ0) is 33.9. The molecule has 0 unspecified atom stereocenters. The lowest BCUT2D eigenvalue weighted by Gasteiger charge is -2.28. The van der Waals surface area contributed by atoms with Gasteiger partial charge in [-0.1, -0.05) is 34.1 Å². The normalized spacial score (nSPS) is 15.0. The fourth-order valence-electron chi connectivity index (χ4n) is 4.62. The van der Waals surface area contributed by atoms with E-state index in [1.165, 1.54) is 7.11 Å². The molecule has 12 nitrogen and oxygen atoms in total. The molecule has 2 atom stereocenters. The number of aliphatic hydroxyl groups is 1. The SMILES string of the molecule is CCOc1cc([C@H]2NC(=O)NC(C)=C2C(=O)OC)ccc1OC[C@H](O)N/N=C\c1cc(I)c(OCc2ccc(Br)cc2)c(OCC)c1. The minimum atomic E-state index is -1.15. The zero-order valence-corrected chi connectivity index (χ0v) is 30.0. The molecular weight excluding hydrogens is 787 g/mol. The van der Waals surface area contributed by atoms with Crippen LogP contribution in [-0.4, -0.2) is 56.5 Å². The van der Waals surface area contributed by atoms with Crippen molar-refractivity contribution in [2.75, 3.05) is 26.9 Å². The quantitative estimate of drug-likeness (QED) is 0.0509. The van der Waals surface area contributed by atoms with Crippen molar-refractivity contribution in [3.8, 4) is 23.0 Å². The molecule has 0 fully saturated rings. The van der Waals surface area contributed by atoms with Crippen molar-refractivity contribution in [3.63, 3.8) is 0 Å². The molecule has 1 aliphatic rings. The van der Waals surface area contributed by atoms with Crippen LogP contribution in [0, 0.1) is 3.57 Å². The van der Waals surface area contributed by atoms with Crippen LogP contribution in [0.5, 0.6) is 23.0 Å². The minimum absolute atomic E-state index is 0.155. The van der Waals surface area contributed by atoms with Gasteiger partial charge in [-0.2, -0.15) is 5.10 Å². The van der Waals surface area contributed by atoms with E-state index in [-0.39, 0.29) is 12.2 Å². The fraction of sp³-hybridized carbons (Fsp3) is 0.303. The van der Waals surface area contributed by atoms with Crippen molar-refractivity contribution in [2.24, 2.45) is 5.10 Å². The van der Waals surface area contributed by atoms with E-state index in [1.54, 1.807) is 31.3 Å². The number of nitrogens with one attached hydrogen (secondary N) is 3. The van der Waals surface area contributed by atoms with Gasteiger partial charge in [-0.15, -0.1) is 0 Å². The van der Waals surface area contributed by atoms with Gasteiger partial charge in [-0.05, 0) is 96.5 Å². The minimum Gasteiger partial charge on any atom is -0.490 e. The Balaban J connectivity index is 1.40. The van der Waals surface area contributed by atoms with Gasteiger partial charge in [0, 0.05) is 10.2 Å². The third-order valence-corrected chi connectivity index (χ3v) is 8.07. The molecule has 4 N–H and O–H groups in total. The van der Waals surface area contributed by atoms with Crippen LogP contribution >= 0.6 is 38.5 Å². The first-order valence-electron chi connectivity index (χ1n) is 14.7. The van der Waals surface area contributed by atoms with Gasteiger partial charge in [0.1, 0.15) is 13.2 Å². The predicted octanol–water partition coefficient (Wildman–Crippen LogP) is 5.55. The number of rotatable bonds is 15. The number of methoxy groups -OCH3 is 1. The predicted molar refractivity (Wildman–Crippen MR) is 188 cm³/mol. The van der Waals surface area contributed by atoms with Crippen LogP contribution in [0.1, 0.15) is 43.5 Å². The summed E-state index contributed by atoms with van der Waals surface area (Å²) < 4.78 is 30.3. The summed E-state index contributed by atoms with van der Waals surface area (Å²) >= 11 is 5.64. The first-order valence-corrected chi connectivity index (χ1v) is 16.6. The Morgan fingerprint density at radius 2 is 1.77 bits per heavy atom. The number of amides is 2. The van der Waals surface area contributed by atoms with Crippen molar-refractivity contribution in [2.45, 2.75) is 39.6 Å². The van der Waals surface area contributed by atoms with Gasteiger partial charge >= 0.3 is 12.0 Å². The van der Waals surface area contributed by atoms with Crippen LogP contribution in [0.3, 0.4) is 0 Å². The van der Waals surface area contributed by atoms with E-state index in [1.807, 2.05) is 50.2 Å². The first kappa shape index (κ1) is 35.8. The number of allylic oxidation sites excluding steroid dienone is 1. The average Bonchev–Trinajstić information content (AvgIpc) is 3.04. The van der Waals surface area contributed by atoms with Gasteiger partial charge in [0.2, 0.25) is 0 Å². The molecule has 0 spiro atoms. The van der Waals surface area contributed by atoms with Gasteiger partial charge in [0.15, 0.2) is 29.2 Å². The molecule has 0 radical (unpaired) electrons.